The molecule has 8 heteroatoms. The molecule has 1 aromatic rings. The Morgan fingerprint density at radius 2 is 1.80 bits per heavy atom. The molecule has 110 valence electrons. The number of carbonyl (C=O) groups excluding carboxylic acids is 1. The minimum Gasteiger partial charge on any atom is -0.481 e. The average molecular weight is 300 g/mol. The van der Waals surface area contributed by atoms with Crippen LogP contribution in [0.15, 0.2) is 24.3 Å². The summed E-state index contributed by atoms with van der Waals surface area (Å²) < 4.78 is 24.7. The molecule has 0 bridgehead atoms. The van der Waals surface area contributed by atoms with Crippen molar-refractivity contribution in [2.24, 2.45) is 5.73 Å². The van der Waals surface area contributed by atoms with Gasteiger partial charge < -0.3 is 10.8 Å². The number of hydrogen-bond acceptors (Lipinski definition) is 4. The molecule has 0 heterocycles. The highest BCUT2D eigenvalue weighted by molar-refractivity contribution is 7.89. The Hall–Kier alpha value is -1.93. The second-order valence-corrected chi connectivity index (χ2v) is 6.47. The molecule has 0 saturated heterocycles. The van der Waals surface area contributed by atoms with E-state index in [9.17, 15) is 18.0 Å². The number of carbonyl (C=O) groups is 2. The SMILES string of the molecule is CN(Cc1ccc(C(N)=O)cc1)S(=O)(=O)CCC(=O)O. The molecule has 0 aromatic heterocycles. The van der Waals surface area contributed by atoms with Crippen LogP contribution in [0, 0.1) is 0 Å². The van der Waals surface area contributed by atoms with Crippen LogP contribution in [0.5, 0.6) is 0 Å². The van der Waals surface area contributed by atoms with Gasteiger partial charge in [0.05, 0.1) is 12.2 Å². The highest BCUT2D eigenvalue weighted by Crippen LogP contribution is 2.10. The van der Waals surface area contributed by atoms with Crippen molar-refractivity contribution in [2.45, 2.75) is 13.0 Å². The maximum Gasteiger partial charge on any atom is 0.304 e. The Labute approximate surface area is 117 Å². The van der Waals surface area contributed by atoms with E-state index in [1.165, 1.54) is 19.2 Å². The smallest absolute Gasteiger partial charge is 0.304 e. The maximum atomic E-state index is 11.8. The van der Waals surface area contributed by atoms with Gasteiger partial charge in [0.25, 0.3) is 0 Å². The molecule has 1 rings (SSSR count). The predicted molar refractivity (Wildman–Crippen MR) is 72.5 cm³/mol. The van der Waals surface area contributed by atoms with E-state index in [-0.39, 0.29) is 6.54 Å². The van der Waals surface area contributed by atoms with Gasteiger partial charge in [0.1, 0.15) is 0 Å². The number of amides is 1. The number of hydrogen-bond donors (Lipinski definition) is 2. The van der Waals surface area contributed by atoms with Crippen LogP contribution in [0.3, 0.4) is 0 Å². The van der Waals surface area contributed by atoms with Crippen molar-refractivity contribution in [1.82, 2.24) is 4.31 Å². The van der Waals surface area contributed by atoms with Gasteiger partial charge in [0.2, 0.25) is 15.9 Å². The van der Waals surface area contributed by atoms with E-state index in [0.717, 1.165) is 4.31 Å². The van der Waals surface area contributed by atoms with E-state index < -0.39 is 34.1 Å². The third-order valence-electron chi connectivity index (χ3n) is 2.69. The fraction of sp³-hybridized carbons (Fsp3) is 0.333. The molecule has 0 fully saturated rings. The van der Waals surface area contributed by atoms with Crippen molar-refractivity contribution in [3.63, 3.8) is 0 Å². The van der Waals surface area contributed by atoms with Crippen LogP contribution in [-0.2, 0) is 21.4 Å². The second-order valence-electron chi connectivity index (χ2n) is 4.28. The van der Waals surface area contributed by atoms with E-state index >= 15 is 0 Å². The fourth-order valence-corrected chi connectivity index (χ4v) is 2.59. The van der Waals surface area contributed by atoms with Crippen molar-refractivity contribution < 1.29 is 23.1 Å². The first-order valence-corrected chi connectivity index (χ1v) is 7.38. The van der Waals surface area contributed by atoms with Crippen LogP contribution in [0.4, 0.5) is 0 Å². The van der Waals surface area contributed by atoms with Crippen LogP contribution < -0.4 is 5.73 Å². The zero-order valence-electron chi connectivity index (χ0n) is 10.9. The summed E-state index contributed by atoms with van der Waals surface area (Å²) in [4.78, 5) is 21.3. The molecule has 0 radical (unpaired) electrons. The molecular formula is C12H16N2O5S. The van der Waals surface area contributed by atoms with E-state index in [4.69, 9.17) is 10.8 Å². The minimum atomic E-state index is -3.62. The summed E-state index contributed by atoms with van der Waals surface area (Å²) in [6.45, 7) is 0.0982. The molecule has 1 amide bonds. The van der Waals surface area contributed by atoms with Crippen LogP contribution in [0.2, 0.25) is 0 Å². The number of benzene rings is 1. The van der Waals surface area contributed by atoms with E-state index in [1.807, 2.05) is 0 Å². The molecule has 0 unspecified atom stereocenters. The molecule has 0 aliphatic carbocycles. The standard InChI is InChI=1S/C12H16N2O5S/c1-14(20(18,19)7-6-11(15)16)8-9-2-4-10(5-3-9)12(13)17/h2-5H,6-8H2,1H3,(H2,13,17)(H,15,16). The first-order chi connectivity index (χ1) is 9.22. The Morgan fingerprint density at radius 1 is 1.25 bits per heavy atom. The van der Waals surface area contributed by atoms with Gasteiger partial charge in [-0.15, -0.1) is 0 Å². The number of nitrogens with two attached hydrogens (primary N) is 1. The summed E-state index contributed by atoms with van der Waals surface area (Å²) >= 11 is 0. The van der Waals surface area contributed by atoms with E-state index in [0.29, 0.717) is 11.1 Å². The van der Waals surface area contributed by atoms with Crippen molar-refractivity contribution in [3.05, 3.63) is 35.4 Å². The highest BCUT2D eigenvalue weighted by atomic mass is 32.2. The normalized spacial score (nSPS) is 11.5. The molecule has 0 saturated carbocycles. The van der Waals surface area contributed by atoms with Gasteiger partial charge in [-0.1, -0.05) is 12.1 Å². The van der Waals surface area contributed by atoms with Gasteiger partial charge in [-0.25, -0.2) is 12.7 Å². The van der Waals surface area contributed by atoms with Crippen molar-refractivity contribution >= 4 is 21.9 Å². The van der Waals surface area contributed by atoms with Crippen molar-refractivity contribution in [2.75, 3.05) is 12.8 Å². The van der Waals surface area contributed by atoms with Crippen LogP contribution in [0.1, 0.15) is 22.3 Å². The molecule has 0 aliphatic rings. The number of aliphatic carboxylic acids is 1. The second kappa shape index (κ2) is 6.49. The van der Waals surface area contributed by atoms with Gasteiger partial charge >= 0.3 is 5.97 Å². The summed E-state index contributed by atoms with van der Waals surface area (Å²) in [5.74, 6) is -2.16. The molecule has 0 aliphatic heterocycles. The Balaban J connectivity index is 2.72. The minimum absolute atomic E-state index is 0.0982. The lowest BCUT2D eigenvalue weighted by Crippen LogP contribution is -2.29. The number of carboxylic acids is 1. The molecule has 0 atom stereocenters. The Kier molecular flexibility index (Phi) is 5.23. The first-order valence-electron chi connectivity index (χ1n) is 5.77. The predicted octanol–water partition coefficient (Wildman–Crippen LogP) is 0.0218. The highest BCUT2D eigenvalue weighted by Gasteiger charge is 2.19. The van der Waals surface area contributed by atoms with Crippen molar-refractivity contribution in [1.29, 1.82) is 0 Å². The third kappa shape index (κ3) is 4.63. The summed E-state index contributed by atoms with van der Waals surface area (Å²) in [7, 11) is -2.24. The maximum absolute atomic E-state index is 11.8. The van der Waals surface area contributed by atoms with Gasteiger partial charge in [0, 0.05) is 19.2 Å². The van der Waals surface area contributed by atoms with E-state index in [2.05, 4.69) is 0 Å². The summed E-state index contributed by atoms with van der Waals surface area (Å²) in [5, 5.41) is 8.50. The summed E-state index contributed by atoms with van der Waals surface area (Å²) in [6.07, 6.45) is -0.437. The fourth-order valence-electron chi connectivity index (χ4n) is 1.50. The van der Waals surface area contributed by atoms with Gasteiger partial charge in [0.15, 0.2) is 0 Å². The molecule has 1 aromatic carbocycles. The lowest BCUT2D eigenvalue weighted by Gasteiger charge is -2.16. The molecule has 20 heavy (non-hydrogen) atoms. The number of sulfonamides is 1. The number of carboxylic acid groups (broad SMARTS) is 1. The monoisotopic (exact) mass is 300 g/mol. The topological polar surface area (TPSA) is 118 Å². The van der Waals surface area contributed by atoms with Gasteiger partial charge in [-0.3, -0.25) is 9.59 Å². The van der Waals surface area contributed by atoms with Crippen LogP contribution in [-0.4, -0.2) is 42.5 Å². The first kappa shape index (κ1) is 16.1. The van der Waals surface area contributed by atoms with Crippen molar-refractivity contribution in [3.8, 4) is 0 Å². The number of rotatable bonds is 7. The summed E-state index contributed by atoms with van der Waals surface area (Å²) in [6, 6.07) is 6.22. The van der Waals surface area contributed by atoms with Gasteiger partial charge in [-0.05, 0) is 17.7 Å². The number of primary amides is 1. The number of nitrogens with zero attached hydrogens (tertiary/aromatic N) is 1. The average Bonchev–Trinajstić information content (AvgIpc) is 2.37. The molecule has 0 spiro atoms. The van der Waals surface area contributed by atoms with E-state index in [1.54, 1.807) is 12.1 Å². The molecule has 7 nitrogen and oxygen atoms in total. The van der Waals surface area contributed by atoms with Crippen LogP contribution in [0.25, 0.3) is 0 Å². The van der Waals surface area contributed by atoms with Gasteiger partial charge in [-0.2, -0.15) is 0 Å². The molecular weight excluding hydrogens is 284 g/mol. The quantitative estimate of drug-likeness (QED) is 0.736. The zero-order valence-corrected chi connectivity index (χ0v) is 11.8. The lowest BCUT2D eigenvalue weighted by atomic mass is 10.1. The largest absolute Gasteiger partial charge is 0.481 e. The van der Waals surface area contributed by atoms with Crippen LogP contribution >= 0.6 is 0 Å². The summed E-state index contributed by atoms with van der Waals surface area (Å²) in [5.41, 5.74) is 6.12. The lowest BCUT2D eigenvalue weighted by molar-refractivity contribution is -0.136. The Morgan fingerprint density at radius 3 is 2.25 bits per heavy atom. The zero-order chi connectivity index (χ0) is 15.3. The third-order valence-corrected chi connectivity index (χ3v) is 4.49. The Bertz CT molecular complexity index is 595. The molecule has 3 N–H and O–H groups in total.